The van der Waals surface area contributed by atoms with Crippen LogP contribution in [0.4, 0.5) is 11.4 Å². The Bertz CT molecular complexity index is 902. The Hall–Kier alpha value is -3.82. The van der Waals surface area contributed by atoms with E-state index in [2.05, 4.69) is 10.6 Å². The summed E-state index contributed by atoms with van der Waals surface area (Å²) in [5.41, 5.74) is 1.02. The van der Waals surface area contributed by atoms with Crippen LogP contribution in [-0.2, 0) is 20.9 Å². The van der Waals surface area contributed by atoms with Crippen LogP contribution in [0.1, 0.15) is 12.0 Å². The third-order valence-electron chi connectivity index (χ3n) is 4.05. The van der Waals surface area contributed by atoms with Gasteiger partial charge in [0.25, 0.3) is 11.6 Å². The molecule has 0 aliphatic carbocycles. The summed E-state index contributed by atoms with van der Waals surface area (Å²) in [5.74, 6) is 0.0740. The molecule has 0 aliphatic heterocycles. The molecule has 2 aromatic rings. The van der Waals surface area contributed by atoms with Crippen LogP contribution in [0.2, 0.25) is 0 Å². The van der Waals surface area contributed by atoms with E-state index in [0.29, 0.717) is 17.2 Å². The van der Waals surface area contributed by atoms with E-state index in [9.17, 15) is 19.7 Å². The maximum absolute atomic E-state index is 11.9. The largest absolute Gasteiger partial charge is 0.493 e. The Morgan fingerprint density at radius 2 is 1.80 bits per heavy atom. The fraction of sp³-hybridized carbons (Fsp3) is 0.300. The second-order valence-corrected chi connectivity index (χ2v) is 6.08. The van der Waals surface area contributed by atoms with E-state index in [-0.39, 0.29) is 25.2 Å². The highest BCUT2D eigenvalue weighted by molar-refractivity contribution is 5.80. The number of nitro benzene ring substituents is 1. The Morgan fingerprint density at radius 1 is 1.07 bits per heavy atom. The Balaban J connectivity index is 1.71. The van der Waals surface area contributed by atoms with Gasteiger partial charge in [0, 0.05) is 19.2 Å². The van der Waals surface area contributed by atoms with Crippen molar-refractivity contribution in [2.45, 2.75) is 13.0 Å². The highest BCUT2D eigenvalue weighted by Crippen LogP contribution is 2.27. The van der Waals surface area contributed by atoms with Gasteiger partial charge in [-0.1, -0.05) is 18.2 Å². The molecule has 0 spiro atoms. The normalized spacial score (nSPS) is 10.1. The number of carbonyl (C=O) groups excluding carboxylic acids is 2. The fourth-order valence-corrected chi connectivity index (χ4v) is 2.54. The fourth-order valence-electron chi connectivity index (χ4n) is 2.54. The molecular formula is C20H23N3O7. The minimum Gasteiger partial charge on any atom is -0.493 e. The van der Waals surface area contributed by atoms with Gasteiger partial charge in [0.15, 0.2) is 18.1 Å². The van der Waals surface area contributed by atoms with Gasteiger partial charge in [0.1, 0.15) is 5.69 Å². The number of anilines is 1. The minimum absolute atomic E-state index is 0.0466. The molecule has 0 aliphatic rings. The smallest absolute Gasteiger partial charge is 0.308 e. The van der Waals surface area contributed by atoms with Gasteiger partial charge in [-0.25, -0.2) is 0 Å². The van der Waals surface area contributed by atoms with Crippen LogP contribution < -0.4 is 20.1 Å². The number of benzene rings is 2. The number of methoxy groups -OCH3 is 2. The van der Waals surface area contributed by atoms with Crippen LogP contribution >= 0.6 is 0 Å². The van der Waals surface area contributed by atoms with Gasteiger partial charge in [-0.3, -0.25) is 19.7 Å². The van der Waals surface area contributed by atoms with Gasteiger partial charge in [0.2, 0.25) is 0 Å². The first-order valence-corrected chi connectivity index (χ1v) is 9.05. The summed E-state index contributed by atoms with van der Waals surface area (Å²) in [6.07, 6.45) is -0.0466. The Labute approximate surface area is 173 Å². The topological polar surface area (TPSA) is 129 Å². The highest BCUT2D eigenvalue weighted by atomic mass is 16.6. The first-order chi connectivity index (χ1) is 14.4. The average Bonchev–Trinajstić information content (AvgIpc) is 2.76. The van der Waals surface area contributed by atoms with E-state index in [1.807, 2.05) is 0 Å². The summed E-state index contributed by atoms with van der Waals surface area (Å²) in [5, 5.41) is 16.4. The molecule has 0 saturated carbocycles. The van der Waals surface area contributed by atoms with Crippen molar-refractivity contribution >= 4 is 23.3 Å². The van der Waals surface area contributed by atoms with E-state index in [0.717, 1.165) is 5.56 Å². The zero-order valence-electron chi connectivity index (χ0n) is 16.7. The number of ether oxygens (including phenoxy) is 3. The summed E-state index contributed by atoms with van der Waals surface area (Å²) < 4.78 is 15.3. The van der Waals surface area contributed by atoms with E-state index in [4.69, 9.17) is 14.2 Å². The van der Waals surface area contributed by atoms with Crippen LogP contribution in [0.3, 0.4) is 0 Å². The quantitative estimate of drug-likeness (QED) is 0.324. The number of amides is 1. The molecule has 0 bridgehead atoms. The molecule has 0 atom stereocenters. The summed E-state index contributed by atoms with van der Waals surface area (Å²) in [7, 11) is 3.05. The van der Waals surface area contributed by atoms with Crippen molar-refractivity contribution in [3.63, 3.8) is 0 Å². The lowest BCUT2D eigenvalue weighted by Crippen LogP contribution is -2.28. The molecule has 1 amide bonds. The maximum Gasteiger partial charge on any atom is 0.308 e. The lowest BCUT2D eigenvalue weighted by atomic mass is 10.2. The lowest BCUT2D eigenvalue weighted by Gasteiger charge is -2.11. The molecule has 160 valence electrons. The third kappa shape index (κ3) is 6.66. The van der Waals surface area contributed by atoms with Crippen molar-refractivity contribution in [2.24, 2.45) is 0 Å². The average molecular weight is 417 g/mol. The van der Waals surface area contributed by atoms with Crippen molar-refractivity contribution in [3.8, 4) is 11.5 Å². The molecule has 0 radical (unpaired) electrons. The van der Waals surface area contributed by atoms with Gasteiger partial charge in [0.05, 0.1) is 25.6 Å². The number of rotatable bonds is 11. The zero-order valence-corrected chi connectivity index (χ0v) is 16.7. The van der Waals surface area contributed by atoms with Gasteiger partial charge in [-0.05, 0) is 23.8 Å². The molecule has 0 heterocycles. The monoisotopic (exact) mass is 417 g/mol. The number of hydrogen-bond acceptors (Lipinski definition) is 8. The minimum atomic E-state index is -0.595. The van der Waals surface area contributed by atoms with Gasteiger partial charge in [-0.2, -0.15) is 0 Å². The van der Waals surface area contributed by atoms with Crippen LogP contribution in [-0.4, -0.2) is 44.2 Å². The Morgan fingerprint density at radius 3 is 2.50 bits per heavy atom. The molecule has 0 fully saturated rings. The third-order valence-corrected chi connectivity index (χ3v) is 4.05. The summed E-state index contributed by atoms with van der Waals surface area (Å²) in [6, 6.07) is 11.4. The number of para-hydroxylation sites is 2. The SMILES string of the molecule is COc1ccc(CNC(=O)COC(=O)CCNc2ccccc2[N+](=O)[O-])cc1OC. The second kappa shape index (κ2) is 11.2. The number of carbonyl (C=O) groups is 2. The van der Waals surface area contributed by atoms with E-state index in [1.54, 1.807) is 36.4 Å². The number of hydrogen-bond donors (Lipinski definition) is 2. The van der Waals surface area contributed by atoms with Crippen molar-refractivity contribution in [1.82, 2.24) is 5.32 Å². The van der Waals surface area contributed by atoms with E-state index >= 15 is 0 Å². The first kappa shape index (κ1) is 22.5. The van der Waals surface area contributed by atoms with Crippen molar-refractivity contribution < 1.29 is 28.7 Å². The zero-order chi connectivity index (χ0) is 21.9. The van der Waals surface area contributed by atoms with Gasteiger partial charge < -0.3 is 24.8 Å². The summed E-state index contributed by atoms with van der Waals surface area (Å²) in [6.45, 7) is -0.0511. The lowest BCUT2D eigenvalue weighted by molar-refractivity contribution is -0.384. The molecule has 10 heteroatoms. The summed E-state index contributed by atoms with van der Waals surface area (Å²) in [4.78, 5) is 34.1. The second-order valence-electron chi connectivity index (χ2n) is 6.08. The molecule has 2 rings (SSSR count). The standard InChI is InChI=1S/C20H23N3O7/c1-28-17-8-7-14(11-18(17)29-2)12-22-19(24)13-30-20(25)9-10-21-15-5-3-4-6-16(15)23(26)27/h3-8,11,21H,9-10,12-13H2,1-2H3,(H,22,24). The van der Waals surface area contributed by atoms with Crippen LogP contribution in [0.5, 0.6) is 11.5 Å². The molecule has 10 nitrogen and oxygen atoms in total. The van der Waals surface area contributed by atoms with Gasteiger partial charge >= 0.3 is 5.97 Å². The van der Waals surface area contributed by atoms with E-state index < -0.39 is 23.4 Å². The molecule has 0 saturated heterocycles. The van der Waals surface area contributed by atoms with Crippen molar-refractivity contribution in [2.75, 3.05) is 32.7 Å². The maximum atomic E-state index is 11.9. The molecule has 0 aromatic heterocycles. The molecule has 0 unspecified atom stereocenters. The number of nitrogens with zero attached hydrogens (tertiary/aromatic N) is 1. The first-order valence-electron chi connectivity index (χ1n) is 9.05. The molecule has 2 aromatic carbocycles. The Kier molecular flexibility index (Phi) is 8.42. The number of nitrogens with one attached hydrogen (secondary N) is 2. The van der Waals surface area contributed by atoms with Crippen molar-refractivity contribution in [3.05, 3.63) is 58.1 Å². The van der Waals surface area contributed by atoms with Crippen LogP contribution in [0.15, 0.2) is 42.5 Å². The number of esters is 1. The predicted octanol–water partition coefficient (Wildman–Crippen LogP) is 2.27. The molecular weight excluding hydrogens is 394 g/mol. The molecule has 30 heavy (non-hydrogen) atoms. The van der Waals surface area contributed by atoms with Crippen LogP contribution in [0.25, 0.3) is 0 Å². The predicted molar refractivity (Wildman–Crippen MR) is 109 cm³/mol. The highest BCUT2D eigenvalue weighted by Gasteiger charge is 2.13. The van der Waals surface area contributed by atoms with E-state index in [1.165, 1.54) is 20.3 Å². The molecule has 2 N–H and O–H groups in total. The number of nitro groups is 1. The summed E-state index contributed by atoms with van der Waals surface area (Å²) >= 11 is 0. The van der Waals surface area contributed by atoms with Gasteiger partial charge in [-0.15, -0.1) is 0 Å². The van der Waals surface area contributed by atoms with Crippen LogP contribution in [0, 0.1) is 10.1 Å². The van der Waals surface area contributed by atoms with Crippen molar-refractivity contribution in [1.29, 1.82) is 0 Å².